The lowest BCUT2D eigenvalue weighted by Gasteiger charge is -2.09. The number of rotatable bonds is 6. The van der Waals surface area contributed by atoms with Gasteiger partial charge in [0.05, 0.1) is 25.7 Å². The lowest BCUT2D eigenvalue weighted by molar-refractivity contribution is 0.355. The maximum atomic E-state index is 9.06. The first-order chi connectivity index (χ1) is 10.1. The molecule has 1 heterocycles. The van der Waals surface area contributed by atoms with E-state index in [1.54, 1.807) is 26.6 Å². The van der Waals surface area contributed by atoms with Crippen molar-refractivity contribution in [3.05, 3.63) is 42.9 Å². The number of aliphatic hydroxyl groups excluding tert-OH is 1. The normalized spacial score (nSPS) is 10.2. The van der Waals surface area contributed by atoms with Crippen LogP contribution in [0.3, 0.4) is 0 Å². The molecule has 0 radical (unpaired) electrons. The number of methoxy groups -OCH3 is 2. The number of ether oxygens (including phenoxy) is 2. The fraction of sp³-hybridized carbons (Fsp3) is 0.200. The van der Waals surface area contributed by atoms with Gasteiger partial charge in [0.1, 0.15) is 0 Å². The van der Waals surface area contributed by atoms with Crippen molar-refractivity contribution in [2.45, 2.75) is 5.16 Å². The van der Waals surface area contributed by atoms with Crippen LogP contribution in [0, 0.1) is 0 Å². The van der Waals surface area contributed by atoms with Gasteiger partial charge in [-0.15, -0.1) is 0 Å². The number of thioether (sulfide) groups is 1. The van der Waals surface area contributed by atoms with Crippen molar-refractivity contribution in [1.29, 1.82) is 0 Å². The molecule has 0 aliphatic heterocycles. The molecule has 1 aromatic heterocycles. The molecular weight excluding hydrogens is 288 g/mol. The number of hydrogen-bond donors (Lipinski definition) is 1. The van der Waals surface area contributed by atoms with Gasteiger partial charge in [-0.1, -0.05) is 24.4 Å². The molecule has 0 amide bonds. The van der Waals surface area contributed by atoms with Crippen LogP contribution in [0.25, 0.3) is 11.1 Å². The first-order valence-electron chi connectivity index (χ1n) is 6.18. The second-order valence-corrected chi connectivity index (χ2v) is 5.12. The molecule has 2 aromatic rings. The Morgan fingerprint density at radius 2 is 1.81 bits per heavy atom. The highest BCUT2D eigenvalue weighted by molar-refractivity contribution is 7.99. The van der Waals surface area contributed by atoms with Gasteiger partial charge in [0.2, 0.25) is 0 Å². The van der Waals surface area contributed by atoms with E-state index in [2.05, 4.69) is 16.5 Å². The molecule has 0 aliphatic carbocycles. The Bertz CT molecular complexity index is 629. The summed E-state index contributed by atoms with van der Waals surface area (Å²) in [5.41, 5.74) is 1.82. The van der Waals surface area contributed by atoms with Crippen LogP contribution in [-0.4, -0.2) is 35.0 Å². The third-order valence-corrected chi connectivity index (χ3v) is 3.66. The lowest BCUT2D eigenvalue weighted by Crippen LogP contribution is -1.93. The average Bonchev–Trinajstić information content (AvgIpc) is 2.52. The van der Waals surface area contributed by atoms with Gasteiger partial charge < -0.3 is 14.6 Å². The van der Waals surface area contributed by atoms with Crippen LogP contribution >= 0.6 is 11.8 Å². The van der Waals surface area contributed by atoms with E-state index in [1.807, 2.05) is 18.2 Å². The minimum Gasteiger partial charge on any atom is -0.512 e. The molecule has 2 rings (SSSR count). The van der Waals surface area contributed by atoms with Crippen LogP contribution in [0.5, 0.6) is 11.5 Å². The maximum Gasteiger partial charge on any atom is 0.187 e. The quantitative estimate of drug-likeness (QED) is 0.502. The Labute approximate surface area is 127 Å². The Hall–Kier alpha value is -2.21. The van der Waals surface area contributed by atoms with Crippen LogP contribution in [0.15, 0.2) is 48.1 Å². The Kier molecular flexibility index (Phi) is 5.05. The van der Waals surface area contributed by atoms with Crippen LogP contribution in [0.4, 0.5) is 0 Å². The summed E-state index contributed by atoms with van der Waals surface area (Å²) in [7, 11) is 3.20. The first kappa shape index (κ1) is 15.2. The molecule has 5 nitrogen and oxygen atoms in total. The standard InChI is InChI=1S/C15H16N2O3S/c1-10(18)9-21-15-16-7-12(8-17-15)11-4-5-13(19-2)14(6-11)20-3/h4-8,18H,1,9H2,2-3H3. The van der Waals surface area contributed by atoms with Crippen molar-refractivity contribution in [2.24, 2.45) is 0 Å². The molecule has 0 fully saturated rings. The molecule has 0 aliphatic rings. The van der Waals surface area contributed by atoms with Gasteiger partial charge in [0.25, 0.3) is 0 Å². The summed E-state index contributed by atoms with van der Waals surface area (Å²) in [6.45, 7) is 3.42. The minimum atomic E-state index is 0.104. The van der Waals surface area contributed by atoms with Gasteiger partial charge in [-0.05, 0) is 17.7 Å². The van der Waals surface area contributed by atoms with E-state index in [9.17, 15) is 0 Å². The molecule has 1 N–H and O–H groups in total. The average molecular weight is 304 g/mol. The second-order valence-electron chi connectivity index (χ2n) is 4.18. The van der Waals surface area contributed by atoms with Gasteiger partial charge >= 0.3 is 0 Å². The fourth-order valence-corrected chi connectivity index (χ4v) is 2.25. The second kappa shape index (κ2) is 6.99. The Balaban J connectivity index is 2.20. The van der Waals surface area contributed by atoms with Crippen molar-refractivity contribution < 1.29 is 14.6 Å². The Morgan fingerprint density at radius 3 is 2.38 bits per heavy atom. The van der Waals surface area contributed by atoms with E-state index in [0.717, 1.165) is 11.1 Å². The van der Waals surface area contributed by atoms with E-state index in [0.29, 0.717) is 22.4 Å². The molecule has 0 saturated carbocycles. The van der Waals surface area contributed by atoms with Crippen LogP contribution in [0.1, 0.15) is 0 Å². The zero-order chi connectivity index (χ0) is 15.2. The first-order valence-corrected chi connectivity index (χ1v) is 7.16. The maximum absolute atomic E-state index is 9.06. The molecule has 0 unspecified atom stereocenters. The van der Waals surface area contributed by atoms with Crippen molar-refractivity contribution in [2.75, 3.05) is 20.0 Å². The number of benzene rings is 1. The summed E-state index contributed by atoms with van der Waals surface area (Å²) in [6.07, 6.45) is 3.47. The summed E-state index contributed by atoms with van der Waals surface area (Å²) in [5, 5.41) is 9.65. The zero-order valence-corrected chi connectivity index (χ0v) is 12.7. The molecule has 21 heavy (non-hydrogen) atoms. The van der Waals surface area contributed by atoms with E-state index in [4.69, 9.17) is 14.6 Å². The van der Waals surface area contributed by atoms with Crippen molar-refractivity contribution in [3.63, 3.8) is 0 Å². The number of aromatic nitrogens is 2. The molecular formula is C15H16N2O3S. The third kappa shape index (κ3) is 3.88. The van der Waals surface area contributed by atoms with Crippen LogP contribution in [-0.2, 0) is 0 Å². The molecule has 0 bridgehead atoms. The van der Waals surface area contributed by atoms with E-state index >= 15 is 0 Å². The molecule has 1 aromatic carbocycles. The highest BCUT2D eigenvalue weighted by Crippen LogP contribution is 2.32. The summed E-state index contributed by atoms with van der Waals surface area (Å²) in [6, 6.07) is 5.63. The molecule has 6 heteroatoms. The lowest BCUT2D eigenvalue weighted by atomic mass is 10.1. The Morgan fingerprint density at radius 1 is 1.14 bits per heavy atom. The number of nitrogens with zero attached hydrogens (tertiary/aromatic N) is 2. The van der Waals surface area contributed by atoms with Crippen LogP contribution < -0.4 is 9.47 Å². The summed E-state index contributed by atoms with van der Waals surface area (Å²) in [5.74, 6) is 1.82. The van der Waals surface area contributed by atoms with Crippen LogP contribution in [0.2, 0.25) is 0 Å². The minimum absolute atomic E-state index is 0.104. The number of hydrogen-bond acceptors (Lipinski definition) is 6. The van der Waals surface area contributed by atoms with E-state index < -0.39 is 0 Å². The third-order valence-electron chi connectivity index (χ3n) is 2.71. The SMILES string of the molecule is C=C(O)CSc1ncc(-c2ccc(OC)c(OC)c2)cn1. The largest absolute Gasteiger partial charge is 0.512 e. The summed E-state index contributed by atoms with van der Waals surface area (Å²) >= 11 is 1.33. The molecule has 0 atom stereocenters. The van der Waals surface area contributed by atoms with Crippen molar-refractivity contribution in [1.82, 2.24) is 9.97 Å². The molecule has 0 spiro atoms. The topological polar surface area (TPSA) is 64.5 Å². The predicted molar refractivity (Wildman–Crippen MR) is 83.1 cm³/mol. The monoisotopic (exact) mass is 304 g/mol. The molecule has 0 saturated heterocycles. The summed E-state index contributed by atoms with van der Waals surface area (Å²) < 4.78 is 10.5. The summed E-state index contributed by atoms with van der Waals surface area (Å²) in [4.78, 5) is 8.51. The van der Waals surface area contributed by atoms with Gasteiger partial charge in [-0.3, -0.25) is 0 Å². The highest BCUT2D eigenvalue weighted by atomic mass is 32.2. The van der Waals surface area contributed by atoms with Gasteiger partial charge in [-0.25, -0.2) is 9.97 Å². The van der Waals surface area contributed by atoms with Crippen molar-refractivity contribution >= 4 is 11.8 Å². The van der Waals surface area contributed by atoms with Gasteiger partial charge in [-0.2, -0.15) is 0 Å². The predicted octanol–water partition coefficient (Wildman–Crippen LogP) is 3.32. The smallest absolute Gasteiger partial charge is 0.187 e. The van der Waals surface area contributed by atoms with Gasteiger partial charge in [0, 0.05) is 18.0 Å². The highest BCUT2D eigenvalue weighted by Gasteiger charge is 2.07. The van der Waals surface area contributed by atoms with E-state index in [1.165, 1.54) is 11.8 Å². The van der Waals surface area contributed by atoms with Crippen molar-refractivity contribution in [3.8, 4) is 22.6 Å². The zero-order valence-electron chi connectivity index (χ0n) is 11.9. The molecule has 110 valence electrons. The number of aliphatic hydroxyl groups is 1. The van der Waals surface area contributed by atoms with E-state index in [-0.39, 0.29) is 5.76 Å². The van der Waals surface area contributed by atoms with Gasteiger partial charge in [0.15, 0.2) is 16.7 Å². The fourth-order valence-electron chi connectivity index (χ4n) is 1.70.